The van der Waals surface area contributed by atoms with Gasteiger partial charge < -0.3 is 15.0 Å². The molecule has 4 nitrogen and oxygen atoms in total. The molecule has 1 fully saturated rings. The predicted molar refractivity (Wildman–Crippen MR) is 77.1 cm³/mol. The molecule has 3 rings (SSSR count). The molecule has 1 unspecified atom stereocenters. The van der Waals surface area contributed by atoms with Crippen molar-refractivity contribution in [3.05, 3.63) is 24.0 Å². The van der Waals surface area contributed by atoms with Crippen LogP contribution in [0.5, 0.6) is 0 Å². The molecule has 1 aromatic heterocycles. The number of ether oxygens (including phenoxy) is 1. The lowest BCUT2D eigenvalue weighted by Crippen LogP contribution is -2.25. The summed E-state index contributed by atoms with van der Waals surface area (Å²) in [4.78, 5) is 4.68. The Bertz CT molecular complexity index is 570. The number of fused-ring (bicyclic) bond motifs is 1. The number of hydrogen-bond acceptors (Lipinski definition) is 3. The van der Waals surface area contributed by atoms with E-state index in [0.29, 0.717) is 6.10 Å². The van der Waals surface area contributed by atoms with Crippen molar-refractivity contribution in [2.24, 2.45) is 0 Å². The second kappa shape index (κ2) is 5.21. The van der Waals surface area contributed by atoms with E-state index in [9.17, 15) is 0 Å². The Balaban J connectivity index is 1.95. The largest absolute Gasteiger partial charge is 0.399 e. The molecule has 0 aliphatic carbocycles. The van der Waals surface area contributed by atoms with Gasteiger partial charge in [-0.05, 0) is 37.5 Å². The maximum atomic E-state index is 5.85. The van der Waals surface area contributed by atoms with Gasteiger partial charge in [0.25, 0.3) is 0 Å². The Morgan fingerprint density at radius 1 is 1.42 bits per heavy atom. The van der Waals surface area contributed by atoms with Gasteiger partial charge in [-0.25, -0.2) is 4.98 Å². The van der Waals surface area contributed by atoms with Crippen LogP contribution in [-0.2, 0) is 17.7 Å². The first-order valence-electron chi connectivity index (χ1n) is 7.14. The Kier molecular flexibility index (Phi) is 3.42. The molecule has 0 saturated carbocycles. The molecule has 19 heavy (non-hydrogen) atoms. The molecule has 2 aromatic rings. The van der Waals surface area contributed by atoms with Crippen LogP contribution >= 0.6 is 0 Å². The van der Waals surface area contributed by atoms with Crippen molar-refractivity contribution >= 4 is 16.7 Å². The maximum Gasteiger partial charge on any atom is 0.109 e. The lowest BCUT2D eigenvalue weighted by Gasteiger charge is -2.24. The van der Waals surface area contributed by atoms with E-state index in [-0.39, 0.29) is 0 Å². The van der Waals surface area contributed by atoms with Crippen LogP contribution in [0.1, 0.15) is 32.0 Å². The van der Waals surface area contributed by atoms with E-state index in [4.69, 9.17) is 10.5 Å². The second-order valence-corrected chi connectivity index (χ2v) is 5.23. The average Bonchev–Trinajstić information content (AvgIpc) is 2.77. The van der Waals surface area contributed by atoms with Crippen LogP contribution in [0, 0.1) is 0 Å². The van der Waals surface area contributed by atoms with Crippen molar-refractivity contribution in [1.29, 1.82) is 0 Å². The third-order valence-corrected chi connectivity index (χ3v) is 3.83. The molecule has 1 aliphatic rings. The van der Waals surface area contributed by atoms with Gasteiger partial charge in [-0.3, -0.25) is 0 Å². The molecule has 4 heteroatoms. The van der Waals surface area contributed by atoms with Crippen LogP contribution in [0.3, 0.4) is 0 Å². The molecule has 2 N–H and O–H groups in total. The SMILES string of the molecule is CCc1nc2cc(N)ccc2n1CC1CCCCO1. The molecule has 0 amide bonds. The van der Waals surface area contributed by atoms with Gasteiger partial charge in [-0.1, -0.05) is 6.92 Å². The van der Waals surface area contributed by atoms with Crippen molar-refractivity contribution < 1.29 is 4.74 Å². The summed E-state index contributed by atoms with van der Waals surface area (Å²) >= 11 is 0. The lowest BCUT2D eigenvalue weighted by atomic mass is 10.1. The van der Waals surface area contributed by atoms with Crippen molar-refractivity contribution in [1.82, 2.24) is 9.55 Å². The van der Waals surface area contributed by atoms with Gasteiger partial charge in [0.2, 0.25) is 0 Å². The molecular formula is C15H21N3O. The quantitative estimate of drug-likeness (QED) is 0.862. The molecule has 1 saturated heterocycles. The van der Waals surface area contributed by atoms with E-state index in [2.05, 4.69) is 22.5 Å². The molecule has 102 valence electrons. The van der Waals surface area contributed by atoms with Gasteiger partial charge in [-0.15, -0.1) is 0 Å². The van der Waals surface area contributed by atoms with E-state index < -0.39 is 0 Å². The fraction of sp³-hybridized carbons (Fsp3) is 0.533. The van der Waals surface area contributed by atoms with Crippen molar-refractivity contribution in [3.8, 4) is 0 Å². The van der Waals surface area contributed by atoms with Crippen molar-refractivity contribution in [3.63, 3.8) is 0 Å². The molecule has 1 aromatic carbocycles. The fourth-order valence-electron chi connectivity index (χ4n) is 2.83. The standard InChI is InChI=1S/C15H21N3O/c1-2-15-17-13-9-11(16)6-7-14(13)18(15)10-12-5-3-4-8-19-12/h6-7,9,12H,2-5,8,10,16H2,1H3. The number of nitrogen functional groups attached to an aromatic ring is 1. The highest BCUT2D eigenvalue weighted by molar-refractivity contribution is 5.79. The van der Waals surface area contributed by atoms with Crippen LogP contribution in [0.2, 0.25) is 0 Å². The van der Waals surface area contributed by atoms with Gasteiger partial charge in [0.05, 0.1) is 23.7 Å². The first-order chi connectivity index (χ1) is 9.28. The van der Waals surface area contributed by atoms with Crippen LogP contribution in [-0.4, -0.2) is 22.3 Å². The van der Waals surface area contributed by atoms with Gasteiger partial charge >= 0.3 is 0 Å². The number of hydrogen-bond donors (Lipinski definition) is 1. The first kappa shape index (κ1) is 12.5. The zero-order chi connectivity index (χ0) is 13.2. The van der Waals surface area contributed by atoms with E-state index in [1.54, 1.807) is 0 Å². The zero-order valence-corrected chi connectivity index (χ0v) is 11.4. The minimum absolute atomic E-state index is 0.328. The average molecular weight is 259 g/mol. The van der Waals surface area contributed by atoms with Crippen molar-refractivity contribution in [2.75, 3.05) is 12.3 Å². The normalized spacial score (nSPS) is 19.9. The molecule has 1 atom stereocenters. The van der Waals surface area contributed by atoms with Gasteiger partial charge in [0, 0.05) is 18.7 Å². The summed E-state index contributed by atoms with van der Waals surface area (Å²) < 4.78 is 8.15. The van der Waals surface area contributed by atoms with Gasteiger partial charge in [0.15, 0.2) is 0 Å². The Morgan fingerprint density at radius 3 is 3.05 bits per heavy atom. The minimum atomic E-state index is 0.328. The van der Waals surface area contributed by atoms with Crippen LogP contribution in [0.25, 0.3) is 11.0 Å². The Labute approximate surface area is 113 Å². The fourth-order valence-corrected chi connectivity index (χ4v) is 2.83. The summed E-state index contributed by atoms with van der Waals surface area (Å²) in [6, 6.07) is 5.97. The number of benzene rings is 1. The second-order valence-electron chi connectivity index (χ2n) is 5.23. The highest BCUT2D eigenvalue weighted by Crippen LogP contribution is 2.22. The summed E-state index contributed by atoms with van der Waals surface area (Å²) in [5.74, 6) is 1.12. The highest BCUT2D eigenvalue weighted by atomic mass is 16.5. The lowest BCUT2D eigenvalue weighted by molar-refractivity contribution is 0.00621. The molecule has 0 spiro atoms. The summed E-state index contributed by atoms with van der Waals surface area (Å²) in [6.07, 6.45) is 4.87. The predicted octanol–water partition coefficient (Wildman–Crippen LogP) is 2.75. The van der Waals surface area contributed by atoms with Crippen LogP contribution in [0.15, 0.2) is 18.2 Å². The summed E-state index contributed by atoms with van der Waals surface area (Å²) in [5.41, 5.74) is 8.77. The summed E-state index contributed by atoms with van der Waals surface area (Å²) in [7, 11) is 0. The monoisotopic (exact) mass is 259 g/mol. The number of anilines is 1. The summed E-state index contributed by atoms with van der Waals surface area (Å²) in [6.45, 7) is 3.94. The third kappa shape index (κ3) is 2.45. The Morgan fingerprint density at radius 2 is 2.32 bits per heavy atom. The number of rotatable bonds is 3. The van der Waals surface area contributed by atoms with Crippen LogP contribution < -0.4 is 5.73 Å². The number of aryl methyl sites for hydroxylation is 1. The van der Waals surface area contributed by atoms with Crippen molar-refractivity contribution in [2.45, 2.75) is 45.3 Å². The number of imidazole rings is 1. The molecule has 2 heterocycles. The first-order valence-corrected chi connectivity index (χ1v) is 7.14. The third-order valence-electron chi connectivity index (χ3n) is 3.83. The molecule has 0 radical (unpaired) electrons. The maximum absolute atomic E-state index is 5.85. The van der Waals surface area contributed by atoms with E-state index in [0.717, 1.165) is 43.0 Å². The molecule has 0 bridgehead atoms. The topological polar surface area (TPSA) is 53.1 Å². The highest BCUT2D eigenvalue weighted by Gasteiger charge is 2.18. The Hall–Kier alpha value is -1.55. The number of nitrogens with zero attached hydrogens (tertiary/aromatic N) is 2. The minimum Gasteiger partial charge on any atom is -0.399 e. The molecular weight excluding hydrogens is 238 g/mol. The zero-order valence-electron chi connectivity index (χ0n) is 11.4. The van der Waals surface area contributed by atoms with Gasteiger partial charge in [-0.2, -0.15) is 0 Å². The van der Waals surface area contributed by atoms with E-state index in [1.165, 1.54) is 18.4 Å². The number of aromatic nitrogens is 2. The summed E-state index contributed by atoms with van der Waals surface area (Å²) in [5, 5.41) is 0. The van der Waals surface area contributed by atoms with Gasteiger partial charge in [0.1, 0.15) is 5.82 Å². The van der Waals surface area contributed by atoms with E-state index in [1.807, 2.05) is 12.1 Å². The molecule has 1 aliphatic heterocycles. The smallest absolute Gasteiger partial charge is 0.109 e. The van der Waals surface area contributed by atoms with E-state index >= 15 is 0 Å². The number of nitrogens with two attached hydrogens (primary N) is 1. The van der Waals surface area contributed by atoms with Crippen LogP contribution in [0.4, 0.5) is 5.69 Å².